The van der Waals surface area contributed by atoms with Gasteiger partial charge in [0, 0.05) is 18.3 Å². The van der Waals surface area contributed by atoms with E-state index in [4.69, 9.17) is 4.74 Å². The predicted octanol–water partition coefficient (Wildman–Crippen LogP) is 5.89. The number of hydrogen-bond donors (Lipinski definition) is 2. The molecule has 4 rings (SSSR count). The number of fused-ring (bicyclic) bond motifs is 1. The average molecular weight is 588 g/mol. The first-order valence-electron chi connectivity index (χ1n) is 14.0. The summed E-state index contributed by atoms with van der Waals surface area (Å²) in [5, 5.41) is 4.90. The number of carbonyl (C=O) groups excluding carboxylic acids is 4. The van der Waals surface area contributed by atoms with E-state index in [0.717, 1.165) is 34.1 Å². The van der Waals surface area contributed by atoms with Crippen LogP contribution in [0.2, 0.25) is 0 Å². The summed E-state index contributed by atoms with van der Waals surface area (Å²) >= 11 is 0.977. The molecule has 42 heavy (non-hydrogen) atoms. The topological polar surface area (TPSA) is 105 Å². The van der Waals surface area contributed by atoms with Crippen molar-refractivity contribution in [2.45, 2.75) is 70.4 Å². The Labute approximate surface area is 251 Å². The van der Waals surface area contributed by atoms with Crippen LogP contribution in [0.15, 0.2) is 78.9 Å². The molecule has 8 nitrogen and oxygen atoms in total. The summed E-state index contributed by atoms with van der Waals surface area (Å²) in [6.45, 7) is 7.06. The fourth-order valence-electron chi connectivity index (χ4n) is 4.85. The highest BCUT2D eigenvalue weighted by Crippen LogP contribution is 2.29. The number of benzene rings is 3. The zero-order chi connectivity index (χ0) is 30.3. The summed E-state index contributed by atoms with van der Waals surface area (Å²) in [5.74, 6) is -0.572. The van der Waals surface area contributed by atoms with Crippen molar-refractivity contribution >= 4 is 46.2 Å². The second kappa shape index (κ2) is 13.7. The molecule has 2 unspecified atom stereocenters. The molecule has 1 heterocycles. The van der Waals surface area contributed by atoms with Crippen LogP contribution < -0.4 is 15.5 Å². The number of thioether (sulfide) groups is 1. The van der Waals surface area contributed by atoms with E-state index >= 15 is 0 Å². The Morgan fingerprint density at radius 1 is 0.976 bits per heavy atom. The van der Waals surface area contributed by atoms with Gasteiger partial charge in [-0.2, -0.15) is 0 Å². The molecule has 0 aromatic heterocycles. The third kappa shape index (κ3) is 8.69. The van der Waals surface area contributed by atoms with Crippen LogP contribution in [0.1, 0.15) is 50.8 Å². The van der Waals surface area contributed by atoms with Crippen LogP contribution in [0, 0.1) is 0 Å². The van der Waals surface area contributed by atoms with Crippen LogP contribution in [0.5, 0.6) is 0 Å². The van der Waals surface area contributed by atoms with Gasteiger partial charge in [0.15, 0.2) is 5.12 Å². The highest BCUT2D eigenvalue weighted by Gasteiger charge is 2.33. The zero-order valence-electron chi connectivity index (χ0n) is 24.4. The van der Waals surface area contributed by atoms with Gasteiger partial charge in [0.1, 0.15) is 11.6 Å². The molecular weight excluding hydrogens is 550 g/mol. The quantitative estimate of drug-likeness (QED) is 0.341. The van der Waals surface area contributed by atoms with Crippen LogP contribution in [-0.2, 0) is 38.5 Å². The molecule has 3 aromatic rings. The molecule has 220 valence electrons. The van der Waals surface area contributed by atoms with E-state index in [1.807, 2.05) is 66.7 Å². The molecular formula is C33H37N3O5S. The van der Waals surface area contributed by atoms with E-state index in [0.29, 0.717) is 24.9 Å². The summed E-state index contributed by atoms with van der Waals surface area (Å²) in [6, 6.07) is 23.7. The van der Waals surface area contributed by atoms with Gasteiger partial charge in [0.2, 0.25) is 11.8 Å². The average Bonchev–Trinajstić information content (AvgIpc) is 3.04. The van der Waals surface area contributed by atoms with Crippen LogP contribution in [0.3, 0.4) is 0 Å². The predicted molar refractivity (Wildman–Crippen MR) is 166 cm³/mol. The van der Waals surface area contributed by atoms with Crippen LogP contribution in [0.25, 0.3) is 0 Å². The number of aryl methyl sites for hydroxylation is 1. The standard InChI is InChI=1S/C33H37N3O5S/c1-22(37)42-29(20-23-11-6-5-7-12-23)30(38)35-27-18-17-25-14-8-9-16-28(25)36(31(27)39)21-24-13-10-15-26(19-24)34-32(40)41-33(2,3)4/h5-16,19,27,29H,17-18,20-21H2,1-4H3,(H,34,40)(H,35,38). The molecule has 1 aliphatic heterocycles. The van der Waals surface area contributed by atoms with Gasteiger partial charge in [-0.05, 0) is 74.9 Å². The van der Waals surface area contributed by atoms with E-state index in [9.17, 15) is 19.2 Å². The van der Waals surface area contributed by atoms with E-state index in [1.165, 1.54) is 6.92 Å². The van der Waals surface area contributed by atoms with E-state index in [1.54, 1.807) is 37.8 Å². The molecule has 0 saturated heterocycles. The van der Waals surface area contributed by atoms with Gasteiger partial charge < -0.3 is 15.0 Å². The van der Waals surface area contributed by atoms with Crippen molar-refractivity contribution in [2.24, 2.45) is 0 Å². The van der Waals surface area contributed by atoms with Crippen molar-refractivity contribution in [1.29, 1.82) is 0 Å². The maximum atomic E-state index is 14.0. The van der Waals surface area contributed by atoms with Gasteiger partial charge in [-0.3, -0.25) is 19.7 Å². The number of carbonyl (C=O) groups is 4. The SMILES string of the molecule is CC(=O)SC(Cc1ccccc1)C(=O)NC1CCc2ccccc2N(Cc2cccc(NC(=O)OC(C)(C)C)c2)C1=O. The lowest BCUT2D eigenvalue weighted by atomic mass is 10.1. The van der Waals surface area contributed by atoms with E-state index in [2.05, 4.69) is 10.6 Å². The van der Waals surface area contributed by atoms with E-state index < -0.39 is 23.0 Å². The lowest BCUT2D eigenvalue weighted by Crippen LogP contribution is -2.50. The number of para-hydroxylation sites is 1. The van der Waals surface area contributed by atoms with Gasteiger partial charge in [-0.1, -0.05) is 72.4 Å². The third-order valence-electron chi connectivity index (χ3n) is 6.64. The molecule has 3 aromatic carbocycles. The van der Waals surface area contributed by atoms with Gasteiger partial charge in [0.25, 0.3) is 0 Å². The van der Waals surface area contributed by atoms with Gasteiger partial charge in [0.05, 0.1) is 11.8 Å². The maximum absolute atomic E-state index is 14.0. The van der Waals surface area contributed by atoms with E-state index in [-0.39, 0.29) is 23.5 Å². The van der Waals surface area contributed by atoms with Crippen molar-refractivity contribution in [3.63, 3.8) is 0 Å². The Kier molecular flexibility index (Phi) is 10.1. The number of anilines is 2. The van der Waals surface area contributed by atoms with Gasteiger partial charge in [-0.15, -0.1) is 0 Å². The largest absolute Gasteiger partial charge is 0.444 e. The van der Waals surface area contributed by atoms with Crippen LogP contribution in [-0.4, -0.2) is 39.9 Å². The minimum absolute atomic E-state index is 0.160. The Morgan fingerprint density at radius 2 is 1.67 bits per heavy atom. The maximum Gasteiger partial charge on any atom is 0.412 e. The van der Waals surface area contributed by atoms with Gasteiger partial charge >= 0.3 is 6.09 Å². The first kappa shape index (κ1) is 30.8. The fourth-order valence-corrected chi connectivity index (χ4v) is 5.70. The second-order valence-corrected chi connectivity index (χ2v) is 12.6. The summed E-state index contributed by atoms with van der Waals surface area (Å²) < 4.78 is 5.37. The number of nitrogens with zero attached hydrogens (tertiary/aromatic N) is 1. The lowest BCUT2D eigenvalue weighted by molar-refractivity contribution is -0.127. The summed E-state index contributed by atoms with van der Waals surface area (Å²) in [4.78, 5) is 53.5. The third-order valence-corrected chi connectivity index (χ3v) is 7.64. The molecule has 0 bridgehead atoms. The van der Waals surface area contributed by atoms with Crippen molar-refractivity contribution in [2.75, 3.05) is 10.2 Å². The Hall–Kier alpha value is -4.11. The number of amides is 3. The molecule has 0 spiro atoms. The number of hydrogen-bond acceptors (Lipinski definition) is 6. The normalized spacial score (nSPS) is 15.7. The fraction of sp³-hybridized carbons (Fsp3) is 0.333. The molecule has 3 amide bonds. The monoisotopic (exact) mass is 587 g/mol. The zero-order valence-corrected chi connectivity index (χ0v) is 25.2. The highest BCUT2D eigenvalue weighted by atomic mass is 32.2. The number of ether oxygens (including phenoxy) is 1. The number of rotatable bonds is 8. The van der Waals surface area contributed by atoms with Crippen molar-refractivity contribution in [3.05, 3.63) is 95.6 Å². The number of nitrogens with one attached hydrogen (secondary N) is 2. The molecule has 2 N–H and O–H groups in total. The first-order valence-corrected chi connectivity index (χ1v) is 14.9. The molecule has 0 fully saturated rings. The second-order valence-electron chi connectivity index (χ2n) is 11.3. The summed E-state index contributed by atoms with van der Waals surface area (Å²) in [5.41, 5.74) is 3.44. The molecule has 2 atom stereocenters. The van der Waals surface area contributed by atoms with Gasteiger partial charge in [-0.25, -0.2) is 4.79 Å². The summed E-state index contributed by atoms with van der Waals surface area (Å²) in [6.07, 6.45) is 0.847. The summed E-state index contributed by atoms with van der Waals surface area (Å²) in [7, 11) is 0. The minimum atomic E-state index is -0.765. The Balaban J connectivity index is 1.55. The molecule has 1 aliphatic rings. The molecule has 0 saturated carbocycles. The van der Waals surface area contributed by atoms with Crippen LogP contribution in [0.4, 0.5) is 16.2 Å². The molecule has 9 heteroatoms. The van der Waals surface area contributed by atoms with Crippen molar-refractivity contribution in [1.82, 2.24) is 5.32 Å². The molecule has 0 radical (unpaired) electrons. The first-order chi connectivity index (χ1) is 20.0. The van der Waals surface area contributed by atoms with Crippen LogP contribution >= 0.6 is 11.8 Å². The lowest BCUT2D eigenvalue weighted by Gasteiger charge is -2.27. The smallest absolute Gasteiger partial charge is 0.412 e. The Morgan fingerprint density at radius 3 is 2.38 bits per heavy atom. The minimum Gasteiger partial charge on any atom is -0.444 e. The highest BCUT2D eigenvalue weighted by molar-refractivity contribution is 8.14. The van der Waals surface area contributed by atoms with Crippen molar-refractivity contribution in [3.8, 4) is 0 Å². The van der Waals surface area contributed by atoms with Crippen molar-refractivity contribution < 1.29 is 23.9 Å². The Bertz CT molecular complexity index is 1440. The molecule has 0 aliphatic carbocycles.